The number of carbonyl (C=O) groups excluding carboxylic acids is 2. The molecule has 0 saturated heterocycles. The van der Waals surface area contributed by atoms with Crippen molar-refractivity contribution >= 4 is 34.5 Å². The summed E-state index contributed by atoms with van der Waals surface area (Å²) in [5.74, 6) is -0.126. The molecule has 2 rings (SSSR count). The van der Waals surface area contributed by atoms with Crippen molar-refractivity contribution in [3.63, 3.8) is 0 Å². The number of carbonyl (C=O) groups is 2. The standard InChI is InChI=1S/C17H20N2O2S/c1-5-13-10-16(22-11(13)2)17(21)18-14-6-8-15(9-7-14)19(4)12(3)20/h6-10H,5H2,1-4H3,(H,18,21). The number of thiophene rings is 1. The van der Waals surface area contributed by atoms with E-state index in [1.807, 2.05) is 25.1 Å². The van der Waals surface area contributed by atoms with E-state index in [0.717, 1.165) is 22.7 Å². The molecule has 1 aromatic heterocycles. The van der Waals surface area contributed by atoms with Crippen LogP contribution in [0, 0.1) is 6.92 Å². The van der Waals surface area contributed by atoms with Gasteiger partial charge in [-0.05, 0) is 49.2 Å². The number of hydrogen-bond donors (Lipinski definition) is 1. The average molecular weight is 316 g/mol. The lowest BCUT2D eigenvalue weighted by Gasteiger charge is -2.15. The summed E-state index contributed by atoms with van der Waals surface area (Å²) >= 11 is 1.51. The van der Waals surface area contributed by atoms with Gasteiger partial charge in [-0.15, -0.1) is 11.3 Å². The molecule has 4 nitrogen and oxygen atoms in total. The van der Waals surface area contributed by atoms with Crippen LogP contribution < -0.4 is 10.2 Å². The van der Waals surface area contributed by atoms with Gasteiger partial charge in [0.25, 0.3) is 5.91 Å². The molecule has 0 unspecified atom stereocenters. The first-order chi connectivity index (χ1) is 10.4. The molecular formula is C17H20N2O2S. The van der Waals surface area contributed by atoms with Crippen molar-refractivity contribution in [2.45, 2.75) is 27.2 Å². The highest BCUT2D eigenvalue weighted by molar-refractivity contribution is 7.14. The Bertz CT molecular complexity index is 689. The van der Waals surface area contributed by atoms with Gasteiger partial charge in [-0.3, -0.25) is 9.59 Å². The van der Waals surface area contributed by atoms with Crippen molar-refractivity contribution < 1.29 is 9.59 Å². The number of anilines is 2. The third-order valence-corrected chi connectivity index (χ3v) is 4.70. The molecule has 0 bridgehead atoms. The van der Waals surface area contributed by atoms with E-state index in [4.69, 9.17) is 0 Å². The molecule has 116 valence electrons. The summed E-state index contributed by atoms with van der Waals surface area (Å²) in [4.78, 5) is 27.0. The summed E-state index contributed by atoms with van der Waals surface area (Å²) in [6.07, 6.45) is 0.932. The monoisotopic (exact) mass is 316 g/mol. The summed E-state index contributed by atoms with van der Waals surface area (Å²) in [6, 6.07) is 9.18. The number of rotatable bonds is 4. The SMILES string of the molecule is CCc1cc(C(=O)Nc2ccc(N(C)C(C)=O)cc2)sc1C. The minimum Gasteiger partial charge on any atom is -0.321 e. The second-order valence-corrected chi connectivity index (χ2v) is 6.38. The Morgan fingerprint density at radius 2 is 1.86 bits per heavy atom. The van der Waals surface area contributed by atoms with Gasteiger partial charge in [0.15, 0.2) is 0 Å². The first-order valence-electron chi connectivity index (χ1n) is 7.17. The van der Waals surface area contributed by atoms with Crippen molar-refractivity contribution in [3.05, 3.63) is 45.6 Å². The zero-order chi connectivity index (χ0) is 16.3. The molecule has 2 amide bonds. The highest BCUT2D eigenvalue weighted by atomic mass is 32.1. The number of aryl methyl sites for hydroxylation is 2. The van der Waals surface area contributed by atoms with Crippen LogP contribution in [0.3, 0.4) is 0 Å². The molecule has 5 heteroatoms. The van der Waals surface area contributed by atoms with Crippen molar-refractivity contribution in [2.24, 2.45) is 0 Å². The molecule has 1 heterocycles. The Kier molecular flexibility index (Phi) is 4.98. The van der Waals surface area contributed by atoms with Crippen LogP contribution >= 0.6 is 11.3 Å². The summed E-state index contributed by atoms with van der Waals surface area (Å²) in [5.41, 5.74) is 2.73. The van der Waals surface area contributed by atoms with E-state index in [1.54, 1.807) is 24.1 Å². The van der Waals surface area contributed by atoms with E-state index in [9.17, 15) is 9.59 Å². The quantitative estimate of drug-likeness (QED) is 0.931. The molecular weight excluding hydrogens is 296 g/mol. The zero-order valence-electron chi connectivity index (χ0n) is 13.3. The van der Waals surface area contributed by atoms with Crippen LogP contribution in [-0.2, 0) is 11.2 Å². The van der Waals surface area contributed by atoms with E-state index < -0.39 is 0 Å². The number of nitrogens with zero attached hydrogens (tertiary/aromatic N) is 1. The minimum atomic E-state index is -0.0968. The van der Waals surface area contributed by atoms with Crippen LogP contribution in [0.15, 0.2) is 30.3 Å². The molecule has 1 aromatic carbocycles. The Morgan fingerprint density at radius 3 is 2.36 bits per heavy atom. The molecule has 0 radical (unpaired) electrons. The third kappa shape index (κ3) is 3.54. The van der Waals surface area contributed by atoms with Crippen molar-refractivity contribution in [2.75, 3.05) is 17.3 Å². The third-order valence-electron chi connectivity index (χ3n) is 3.61. The fraction of sp³-hybridized carbons (Fsp3) is 0.294. The van der Waals surface area contributed by atoms with E-state index in [2.05, 4.69) is 12.2 Å². The molecule has 0 atom stereocenters. The Labute approximate surface area is 134 Å². The van der Waals surface area contributed by atoms with Crippen LogP contribution in [-0.4, -0.2) is 18.9 Å². The van der Waals surface area contributed by atoms with Crippen LogP contribution in [0.4, 0.5) is 11.4 Å². The summed E-state index contributed by atoms with van der Waals surface area (Å²) in [6.45, 7) is 5.63. The summed E-state index contributed by atoms with van der Waals surface area (Å²) in [7, 11) is 1.72. The molecule has 0 fully saturated rings. The fourth-order valence-electron chi connectivity index (χ4n) is 2.13. The summed E-state index contributed by atoms with van der Waals surface area (Å²) in [5, 5.41) is 2.89. The lowest BCUT2D eigenvalue weighted by Crippen LogP contribution is -2.22. The maximum Gasteiger partial charge on any atom is 0.265 e. The van der Waals surface area contributed by atoms with Gasteiger partial charge >= 0.3 is 0 Å². The molecule has 0 aliphatic rings. The van der Waals surface area contributed by atoms with Gasteiger partial charge in [0.2, 0.25) is 5.91 Å². The van der Waals surface area contributed by atoms with E-state index in [0.29, 0.717) is 0 Å². The van der Waals surface area contributed by atoms with Gasteiger partial charge in [0, 0.05) is 30.2 Å². The number of amides is 2. The molecule has 0 aliphatic carbocycles. The lowest BCUT2D eigenvalue weighted by atomic mass is 10.2. The van der Waals surface area contributed by atoms with Crippen molar-refractivity contribution in [1.29, 1.82) is 0 Å². The van der Waals surface area contributed by atoms with Crippen LogP contribution in [0.2, 0.25) is 0 Å². The van der Waals surface area contributed by atoms with Gasteiger partial charge in [0.05, 0.1) is 4.88 Å². The lowest BCUT2D eigenvalue weighted by molar-refractivity contribution is -0.116. The smallest absolute Gasteiger partial charge is 0.265 e. The molecule has 0 aliphatic heterocycles. The maximum absolute atomic E-state index is 12.3. The second kappa shape index (κ2) is 6.75. The number of hydrogen-bond acceptors (Lipinski definition) is 3. The highest BCUT2D eigenvalue weighted by Crippen LogP contribution is 2.23. The Hall–Kier alpha value is -2.14. The van der Waals surface area contributed by atoms with Crippen molar-refractivity contribution in [1.82, 2.24) is 0 Å². The van der Waals surface area contributed by atoms with Crippen LogP contribution in [0.5, 0.6) is 0 Å². The summed E-state index contributed by atoms with van der Waals surface area (Å²) < 4.78 is 0. The number of benzene rings is 1. The van der Waals surface area contributed by atoms with E-state index in [1.165, 1.54) is 28.7 Å². The molecule has 22 heavy (non-hydrogen) atoms. The fourth-order valence-corrected chi connectivity index (χ4v) is 3.13. The second-order valence-electron chi connectivity index (χ2n) is 5.12. The first kappa shape index (κ1) is 16.2. The predicted molar refractivity (Wildman–Crippen MR) is 91.9 cm³/mol. The first-order valence-corrected chi connectivity index (χ1v) is 7.99. The Morgan fingerprint density at radius 1 is 1.23 bits per heavy atom. The Balaban J connectivity index is 2.10. The van der Waals surface area contributed by atoms with Gasteiger partial charge in [-0.25, -0.2) is 0 Å². The molecule has 0 saturated carbocycles. The zero-order valence-corrected chi connectivity index (χ0v) is 14.1. The van der Waals surface area contributed by atoms with Gasteiger partial charge in [0.1, 0.15) is 0 Å². The molecule has 2 aromatic rings. The molecule has 1 N–H and O–H groups in total. The van der Waals surface area contributed by atoms with E-state index in [-0.39, 0.29) is 11.8 Å². The highest BCUT2D eigenvalue weighted by Gasteiger charge is 2.12. The van der Waals surface area contributed by atoms with Crippen LogP contribution in [0.1, 0.15) is 34.0 Å². The number of nitrogens with one attached hydrogen (secondary N) is 1. The van der Waals surface area contributed by atoms with Gasteiger partial charge in [-0.2, -0.15) is 0 Å². The van der Waals surface area contributed by atoms with Crippen LogP contribution in [0.25, 0.3) is 0 Å². The maximum atomic E-state index is 12.3. The molecule has 0 spiro atoms. The average Bonchev–Trinajstić information content (AvgIpc) is 2.88. The van der Waals surface area contributed by atoms with E-state index >= 15 is 0 Å². The van der Waals surface area contributed by atoms with Gasteiger partial charge < -0.3 is 10.2 Å². The topological polar surface area (TPSA) is 49.4 Å². The predicted octanol–water partition coefficient (Wildman–Crippen LogP) is 3.85. The normalized spacial score (nSPS) is 10.4. The largest absolute Gasteiger partial charge is 0.321 e. The van der Waals surface area contributed by atoms with Crippen molar-refractivity contribution in [3.8, 4) is 0 Å². The van der Waals surface area contributed by atoms with Gasteiger partial charge in [-0.1, -0.05) is 6.92 Å². The minimum absolute atomic E-state index is 0.0297.